The van der Waals surface area contributed by atoms with E-state index in [1.807, 2.05) is 13.8 Å². The second-order valence-corrected chi connectivity index (χ2v) is 2.30. The number of Topliss-reactive ketones (excluding diaryl/α,β-unsaturated/α-hetero) is 1. The van der Waals surface area contributed by atoms with E-state index < -0.39 is 0 Å². The summed E-state index contributed by atoms with van der Waals surface area (Å²) in [6, 6.07) is 0.0957. The number of halogens is 1. The summed E-state index contributed by atoms with van der Waals surface area (Å²) in [5, 5.41) is 0. The molecular formula is C6H11ClO2. The van der Waals surface area contributed by atoms with Gasteiger partial charge in [-0.05, 0) is 0 Å². The van der Waals surface area contributed by atoms with Gasteiger partial charge in [-0.25, -0.2) is 0 Å². The highest BCUT2D eigenvalue weighted by atomic mass is 35.5. The third-order valence-corrected chi connectivity index (χ3v) is 1.12. The van der Waals surface area contributed by atoms with E-state index in [1.165, 1.54) is 0 Å². The second kappa shape index (κ2) is 4.77. The van der Waals surface area contributed by atoms with E-state index in [9.17, 15) is 4.79 Å². The van der Waals surface area contributed by atoms with Crippen LogP contribution in [0, 0.1) is 5.92 Å². The number of hydrogen-bond acceptors (Lipinski definition) is 2. The molecule has 0 aliphatic heterocycles. The molecular weight excluding hydrogens is 140 g/mol. The van der Waals surface area contributed by atoms with Crippen LogP contribution in [-0.4, -0.2) is 18.5 Å². The number of carbonyl (C=O) groups excluding carboxylic acids is 1. The molecule has 0 bridgehead atoms. The normalized spacial score (nSPS) is 10.2. The molecule has 0 amide bonds. The highest BCUT2D eigenvalue weighted by molar-refractivity contribution is 6.17. The third-order valence-electron chi connectivity index (χ3n) is 0.965. The molecule has 0 aliphatic carbocycles. The summed E-state index contributed by atoms with van der Waals surface area (Å²) < 4.78 is 4.67. The van der Waals surface area contributed by atoms with Crippen LogP contribution in [0.1, 0.15) is 13.8 Å². The van der Waals surface area contributed by atoms with Gasteiger partial charge in [-0.3, -0.25) is 4.79 Å². The lowest BCUT2D eigenvalue weighted by Gasteiger charge is -2.01. The largest absolute Gasteiger partial charge is 0.358 e. The Morgan fingerprint density at radius 3 is 2.56 bits per heavy atom. The van der Waals surface area contributed by atoms with Gasteiger partial charge in [0.2, 0.25) is 0 Å². The van der Waals surface area contributed by atoms with E-state index in [2.05, 4.69) is 4.74 Å². The maximum absolute atomic E-state index is 10.7. The van der Waals surface area contributed by atoms with E-state index in [0.717, 1.165) is 0 Å². The Labute approximate surface area is 60.1 Å². The van der Waals surface area contributed by atoms with Gasteiger partial charge in [-0.15, -0.1) is 0 Å². The minimum atomic E-state index is 0.0493. The van der Waals surface area contributed by atoms with E-state index in [4.69, 9.17) is 11.6 Å². The number of ketones is 1. The summed E-state index contributed by atoms with van der Waals surface area (Å²) >= 11 is 5.18. The molecule has 54 valence electrons. The highest BCUT2D eigenvalue weighted by Gasteiger charge is 2.05. The molecule has 0 saturated carbocycles. The van der Waals surface area contributed by atoms with Crippen LogP contribution in [0.15, 0.2) is 0 Å². The van der Waals surface area contributed by atoms with Crippen molar-refractivity contribution in [3.05, 3.63) is 0 Å². The van der Waals surface area contributed by atoms with Crippen molar-refractivity contribution in [3.63, 3.8) is 0 Å². The monoisotopic (exact) mass is 150 g/mol. The molecule has 0 unspecified atom stereocenters. The van der Waals surface area contributed by atoms with Crippen LogP contribution in [0.2, 0.25) is 0 Å². The molecule has 0 saturated heterocycles. The fourth-order valence-corrected chi connectivity index (χ4v) is 0.383. The van der Waals surface area contributed by atoms with Gasteiger partial charge in [0, 0.05) is 5.92 Å². The van der Waals surface area contributed by atoms with E-state index in [0.29, 0.717) is 0 Å². The van der Waals surface area contributed by atoms with Gasteiger partial charge in [0.1, 0.15) is 12.7 Å². The zero-order chi connectivity index (χ0) is 7.28. The SMILES string of the molecule is CC(C)C(=O)COCCl. The Bertz CT molecular complexity index is 91.1. The minimum Gasteiger partial charge on any atom is -0.358 e. The lowest BCUT2D eigenvalue weighted by atomic mass is 10.1. The second-order valence-electron chi connectivity index (χ2n) is 2.08. The number of rotatable bonds is 4. The molecule has 9 heavy (non-hydrogen) atoms. The minimum absolute atomic E-state index is 0.0493. The third kappa shape index (κ3) is 4.43. The van der Waals surface area contributed by atoms with Gasteiger partial charge in [-0.1, -0.05) is 25.4 Å². The zero-order valence-electron chi connectivity index (χ0n) is 5.69. The summed E-state index contributed by atoms with van der Waals surface area (Å²) in [6.07, 6.45) is 0. The smallest absolute Gasteiger partial charge is 0.161 e. The molecule has 0 N–H and O–H groups in total. The van der Waals surface area contributed by atoms with Crippen molar-refractivity contribution in [2.45, 2.75) is 13.8 Å². The van der Waals surface area contributed by atoms with Crippen molar-refractivity contribution in [2.75, 3.05) is 12.7 Å². The first-order valence-electron chi connectivity index (χ1n) is 2.85. The standard InChI is InChI=1S/C6H11ClO2/c1-5(2)6(8)3-9-4-7/h5H,3-4H2,1-2H3. The van der Waals surface area contributed by atoms with E-state index in [1.54, 1.807) is 0 Å². The van der Waals surface area contributed by atoms with Gasteiger partial charge in [-0.2, -0.15) is 0 Å². The molecule has 0 spiro atoms. The Morgan fingerprint density at radius 2 is 2.22 bits per heavy atom. The molecule has 3 heteroatoms. The van der Waals surface area contributed by atoms with Crippen molar-refractivity contribution in [2.24, 2.45) is 5.92 Å². The van der Waals surface area contributed by atoms with Crippen molar-refractivity contribution < 1.29 is 9.53 Å². The summed E-state index contributed by atoms with van der Waals surface area (Å²) in [7, 11) is 0. The van der Waals surface area contributed by atoms with Gasteiger partial charge >= 0.3 is 0 Å². The molecule has 2 nitrogen and oxygen atoms in total. The highest BCUT2D eigenvalue weighted by Crippen LogP contribution is 1.94. The topological polar surface area (TPSA) is 26.3 Å². The maximum Gasteiger partial charge on any atom is 0.161 e. The molecule has 0 atom stereocenters. The number of ether oxygens (including phenoxy) is 1. The first kappa shape index (κ1) is 8.92. The molecule has 0 radical (unpaired) electrons. The van der Waals surface area contributed by atoms with Crippen molar-refractivity contribution in [3.8, 4) is 0 Å². The Balaban J connectivity index is 3.28. The van der Waals surface area contributed by atoms with Gasteiger partial charge in [0.25, 0.3) is 0 Å². The molecule has 0 aromatic carbocycles. The van der Waals surface area contributed by atoms with Crippen molar-refractivity contribution in [1.82, 2.24) is 0 Å². The molecule has 0 aromatic heterocycles. The molecule has 0 aliphatic rings. The van der Waals surface area contributed by atoms with Gasteiger partial charge < -0.3 is 4.74 Å². The zero-order valence-corrected chi connectivity index (χ0v) is 6.44. The van der Waals surface area contributed by atoms with Gasteiger partial charge in [0.15, 0.2) is 5.78 Å². The Hall–Kier alpha value is -0.0800. The maximum atomic E-state index is 10.7. The quantitative estimate of drug-likeness (QED) is 0.567. The number of alkyl halides is 1. The van der Waals surface area contributed by atoms with Crippen LogP contribution >= 0.6 is 11.6 Å². The van der Waals surface area contributed by atoms with Crippen LogP contribution < -0.4 is 0 Å². The predicted molar refractivity (Wildman–Crippen MR) is 36.5 cm³/mol. The van der Waals surface area contributed by atoms with Crippen LogP contribution in [-0.2, 0) is 9.53 Å². The van der Waals surface area contributed by atoms with Gasteiger partial charge in [0.05, 0.1) is 0 Å². The van der Waals surface area contributed by atoms with Crippen LogP contribution in [0.5, 0.6) is 0 Å². The molecule has 0 fully saturated rings. The lowest BCUT2D eigenvalue weighted by molar-refractivity contribution is -0.125. The molecule has 0 aromatic rings. The van der Waals surface area contributed by atoms with E-state index in [-0.39, 0.29) is 24.4 Å². The van der Waals surface area contributed by atoms with E-state index >= 15 is 0 Å². The average Bonchev–Trinajstić information content (AvgIpc) is 1.82. The summed E-state index contributed by atoms with van der Waals surface area (Å²) in [5.74, 6) is 0.142. The molecule has 0 heterocycles. The van der Waals surface area contributed by atoms with Crippen molar-refractivity contribution >= 4 is 17.4 Å². The summed E-state index contributed by atoms with van der Waals surface area (Å²) in [6.45, 7) is 3.81. The predicted octanol–water partition coefficient (Wildman–Crippen LogP) is 1.42. The van der Waals surface area contributed by atoms with Crippen molar-refractivity contribution in [1.29, 1.82) is 0 Å². The lowest BCUT2D eigenvalue weighted by Crippen LogP contribution is -2.13. The molecule has 0 rings (SSSR count). The summed E-state index contributed by atoms with van der Waals surface area (Å²) in [4.78, 5) is 10.7. The van der Waals surface area contributed by atoms with Crippen LogP contribution in [0.25, 0.3) is 0 Å². The number of hydrogen-bond donors (Lipinski definition) is 0. The summed E-state index contributed by atoms with van der Waals surface area (Å²) in [5.41, 5.74) is 0. The first-order valence-corrected chi connectivity index (χ1v) is 3.38. The van der Waals surface area contributed by atoms with Crippen LogP contribution in [0.3, 0.4) is 0 Å². The Kier molecular flexibility index (Phi) is 4.72. The average molecular weight is 151 g/mol. The fraction of sp³-hybridized carbons (Fsp3) is 0.833. The fourth-order valence-electron chi connectivity index (χ4n) is 0.306. The van der Waals surface area contributed by atoms with Crippen LogP contribution in [0.4, 0.5) is 0 Å². The Morgan fingerprint density at radius 1 is 1.67 bits per heavy atom. The number of carbonyl (C=O) groups is 1. The first-order chi connectivity index (χ1) is 4.18.